The first-order valence-electron chi connectivity index (χ1n) is 7.79. The number of hydrogen-bond acceptors (Lipinski definition) is 4. The first kappa shape index (κ1) is 16.5. The number of nitrogens with zero attached hydrogens (tertiary/aromatic N) is 4. The van der Waals surface area contributed by atoms with E-state index in [4.69, 9.17) is 11.6 Å². The number of carbonyl (C=O) groups excluding carboxylic acids is 1. The van der Waals surface area contributed by atoms with Gasteiger partial charge in [0, 0.05) is 43.3 Å². The van der Waals surface area contributed by atoms with E-state index in [1.165, 1.54) is 0 Å². The summed E-state index contributed by atoms with van der Waals surface area (Å²) < 4.78 is 0. The summed E-state index contributed by atoms with van der Waals surface area (Å²) >= 11 is 5.96. The maximum Gasteiger partial charge on any atom is 0.322 e. The topological polar surface area (TPSA) is 61.4 Å². The standard InChI is InChI=1S/C17H20ClN5O/c1-11-19-15-7-8-23(10-14(15)16(20-11)22(2)3)17(24)21-13-6-4-5-12(18)9-13/h4-6,9H,7-8,10H2,1-3H3,(H,21,24). The molecule has 2 aromatic rings. The lowest BCUT2D eigenvalue weighted by molar-refractivity contribution is 0.206. The molecule has 1 aliphatic rings. The molecular weight excluding hydrogens is 326 g/mol. The van der Waals surface area contributed by atoms with Crippen LogP contribution in [0.2, 0.25) is 5.02 Å². The number of aryl methyl sites for hydroxylation is 1. The van der Waals surface area contributed by atoms with Crippen molar-refractivity contribution in [3.05, 3.63) is 46.4 Å². The van der Waals surface area contributed by atoms with Gasteiger partial charge in [-0.1, -0.05) is 17.7 Å². The van der Waals surface area contributed by atoms with Gasteiger partial charge >= 0.3 is 6.03 Å². The van der Waals surface area contributed by atoms with Crippen LogP contribution in [0.3, 0.4) is 0 Å². The lowest BCUT2D eigenvalue weighted by Gasteiger charge is -2.31. The number of urea groups is 1. The molecule has 24 heavy (non-hydrogen) atoms. The molecule has 0 fully saturated rings. The zero-order valence-electron chi connectivity index (χ0n) is 14.0. The van der Waals surface area contributed by atoms with Crippen molar-refractivity contribution in [1.29, 1.82) is 0 Å². The highest BCUT2D eigenvalue weighted by atomic mass is 35.5. The Balaban J connectivity index is 1.80. The fourth-order valence-corrected chi connectivity index (χ4v) is 3.02. The molecular formula is C17H20ClN5O. The highest BCUT2D eigenvalue weighted by Crippen LogP contribution is 2.26. The number of rotatable bonds is 2. The van der Waals surface area contributed by atoms with Crippen molar-refractivity contribution in [2.75, 3.05) is 30.9 Å². The lowest BCUT2D eigenvalue weighted by Crippen LogP contribution is -2.40. The molecule has 126 valence electrons. The predicted molar refractivity (Wildman–Crippen MR) is 95.7 cm³/mol. The molecule has 1 aromatic carbocycles. The molecule has 0 saturated heterocycles. The number of fused-ring (bicyclic) bond motifs is 1. The molecule has 6 nitrogen and oxygen atoms in total. The van der Waals surface area contributed by atoms with Crippen molar-refractivity contribution in [1.82, 2.24) is 14.9 Å². The summed E-state index contributed by atoms with van der Waals surface area (Å²) in [6.07, 6.45) is 0.725. The van der Waals surface area contributed by atoms with E-state index in [1.807, 2.05) is 38.1 Å². The van der Waals surface area contributed by atoms with Gasteiger partial charge in [-0.2, -0.15) is 0 Å². The second-order valence-electron chi connectivity index (χ2n) is 6.03. The summed E-state index contributed by atoms with van der Waals surface area (Å²) in [7, 11) is 3.90. The van der Waals surface area contributed by atoms with E-state index < -0.39 is 0 Å². The normalized spacial score (nSPS) is 13.4. The number of benzene rings is 1. The molecule has 1 aromatic heterocycles. The van der Waals surface area contributed by atoms with Gasteiger partial charge in [0.2, 0.25) is 0 Å². The van der Waals surface area contributed by atoms with Gasteiger partial charge in [-0.15, -0.1) is 0 Å². The minimum Gasteiger partial charge on any atom is -0.362 e. The molecule has 0 atom stereocenters. The quantitative estimate of drug-likeness (QED) is 0.908. The van der Waals surface area contributed by atoms with Gasteiger partial charge in [0.1, 0.15) is 11.6 Å². The molecule has 0 spiro atoms. The summed E-state index contributed by atoms with van der Waals surface area (Å²) in [5.41, 5.74) is 2.72. The molecule has 1 N–H and O–H groups in total. The second kappa shape index (κ2) is 6.65. The largest absolute Gasteiger partial charge is 0.362 e. The van der Waals surface area contributed by atoms with E-state index >= 15 is 0 Å². The van der Waals surface area contributed by atoms with Gasteiger partial charge in [-0.3, -0.25) is 0 Å². The summed E-state index contributed by atoms with van der Waals surface area (Å²) in [6.45, 7) is 3.02. The van der Waals surface area contributed by atoms with Crippen LogP contribution in [0, 0.1) is 6.92 Å². The lowest BCUT2D eigenvalue weighted by atomic mass is 10.1. The molecule has 2 heterocycles. The highest BCUT2D eigenvalue weighted by molar-refractivity contribution is 6.30. The predicted octanol–water partition coefficient (Wildman–Crippen LogP) is 3.09. The van der Waals surface area contributed by atoms with Gasteiger partial charge in [0.25, 0.3) is 0 Å². The van der Waals surface area contributed by atoms with Crippen LogP contribution >= 0.6 is 11.6 Å². The minimum absolute atomic E-state index is 0.145. The second-order valence-corrected chi connectivity index (χ2v) is 6.46. The van der Waals surface area contributed by atoms with Gasteiger partial charge in [-0.25, -0.2) is 14.8 Å². The molecule has 0 aliphatic carbocycles. The Hall–Kier alpha value is -2.34. The van der Waals surface area contributed by atoms with Gasteiger partial charge in [0.05, 0.1) is 12.2 Å². The molecule has 1 aliphatic heterocycles. The molecule has 0 radical (unpaired) electrons. The zero-order valence-corrected chi connectivity index (χ0v) is 14.8. The fourth-order valence-electron chi connectivity index (χ4n) is 2.83. The first-order chi connectivity index (χ1) is 11.4. The van der Waals surface area contributed by atoms with Crippen LogP contribution in [0.1, 0.15) is 17.1 Å². The molecule has 0 bridgehead atoms. The number of aromatic nitrogens is 2. The van der Waals surface area contributed by atoms with Gasteiger partial charge in [0.15, 0.2) is 0 Å². The van der Waals surface area contributed by atoms with Crippen LogP contribution in [-0.4, -0.2) is 41.5 Å². The van der Waals surface area contributed by atoms with E-state index in [0.717, 1.165) is 29.3 Å². The van der Waals surface area contributed by atoms with Crippen molar-refractivity contribution < 1.29 is 4.79 Å². The third-order valence-corrected chi connectivity index (χ3v) is 4.17. The maximum atomic E-state index is 12.6. The van der Waals surface area contributed by atoms with Crippen LogP contribution in [0.5, 0.6) is 0 Å². The number of halogens is 1. The summed E-state index contributed by atoms with van der Waals surface area (Å²) in [4.78, 5) is 25.3. The number of hydrogen-bond donors (Lipinski definition) is 1. The van der Waals surface area contributed by atoms with Crippen molar-refractivity contribution in [3.8, 4) is 0 Å². The van der Waals surface area contributed by atoms with E-state index in [1.54, 1.807) is 17.0 Å². The SMILES string of the molecule is Cc1nc2c(c(N(C)C)n1)CN(C(=O)Nc1cccc(Cl)c1)CC2. The fraction of sp³-hybridized carbons (Fsp3) is 0.353. The summed E-state index contributed by atoms with van der Waals surface area (Å²) in [6, 6.07) is 6.99. The average molecular weight is 346 g/mol. The zero-order chi connectivity index (χ0) is 17.3. The van der Waals surface area contributed by atoms with Crippen LogP contribution in [0.15, 0.2) is 24.3 Å². The number of amides is 2. The Kier molecular flexibility index (Phi) is 4.57. The average Bonchev–Trinajstić information content (AvgIpc) is 2.53. The van der Waals surface area contributed by atoms with Gasteiger partial charge in [-0.05, 0) is 25.1 Å². The molecule has 3 rings (SSSR count). The van der Waals surface area contributed by atoms with Crippen LogP contribution in [0.25, 0.3) is 0 Å². The Morgan fingerprint density at radius 3 is 2.83 bits per heavy atom. The van der Waals surface area contributed by atoms with Crippen LogP contribution < -0.4 is 10.2 Å². The number of anilines is 2. The number of carbonyl (C=O) groups is 1. The highest BCUT2D eigenvalue weighted by Gasteiger charge is 2.25. The molecule has 0 unspecified atom stereocenters. The Morgan fingerprint density at radius 1 is 1.33 bits per heavy atom. The summed E-state index contributed by atoms with van der Waals surface area (Å²) in [5.74, 6) is 1.63. The van der Waals surface area contributed by atoms with E-state index in [9.17, 15) is 4.79 Å². The van der Waals surface area contributed by atoms with E-state index in [2.05, 4.69) is 15.3 Å². The minimum atomic E-state index is -0.145. The monoisotopic (exact) mass is 345 g/mol. The van der Waals surface area contributed by atoms with Crippen molar-refractivity contribution >= 4 is 29.1 Å². The maximum absolute atomic E-state index is 12.6. The third kappa shape index (κ3) is 3.43. The first-order valence-corrected chi connectivity index (χ1v) is 8.17. The smallest absolute Gasteiger partial charge is 0.322 e. The summed E-state index contributed by atoms with van der Waals surface area (Å²) in [5, 5.41) is 3.48. The van der Waals surface area contributed by atoms with Crippen molar-refractivity contribution in [2.45, 2.75) is 19.9 Å². The molecule has 0 saturated carbocycles. The van der Waals surface area contributed by atoms with Crippen LogP contribution in [0.4, 0.5) is 16.3 Å². The van der Waals surface area contributed by atoms with E-state index in [0.29, 0.717) is 23.8 Å². The third-order valence-electron chi connectivity index (χ3n) is 3.94. The molecule has 2 amide bonds. The van der Waals surface area contributed by atoms with E-state index in [-0.39, 0.29) is 6.03 Å². The Labute approximate surface area is 146 Å². The molecule has 7 heteroatoms. The Morgan fingerprint density at radius 2 is 2.12 bits per heavy atom. The van der Waals surface area contributed by atoms with Gasteiger partial charge < -0.3 is 15.1 Å². The van der Waals surface area contributed by atoms with Crippen LogP contribution in [-0.2, 0) is 13.0 Å². The van der Waals surface area contributed by atoms with Crippen molar-refractivity contribution in [2.24, 2.45) is 0 Å². The Bertz CT molecular complexity index is 778. The number of nitrogens with one attached hydrogen (secondary N) is 1. The van der Waals surface area contributed by atoms with Crippen molar-refractivity contribution in [3.63, 3.8) is 0 Å².